The van der Waals surface area contributed by atoms with E-state index in [1.54, 1.807) is 0 Å². The van der Waals surface area contributed by atoms with Crippen LogP contribution >= 0.6 is 12.4 Å². The molecule has 3 unspecified atom stereocenters. The maximum atomic E-state index is 12.8. The average molecular weight is 341 g/mol. The molecule has 124 valence electrons. The summed E-state index contributed by atoms with van der Waals surface area (Å²) in [6, 6.07) is 0. The van der Waals surface area contributed by atoms with Crippen LogP contribution in [0.3, 0.4) is 0 Å². The normalized spacial score (nSPS) is 30.7. The van der Waals surface area contributed by atoms with Gasteiger partial charge >= 0.3 is 5.97 Å². The monoisotopic (exact) mass is 340 g/mol. The molecule has 6 nitrogen and oxygen atoms in total. The Morgan fingerprint density at radius 2 is 1.95 bits per heavy atom. The zero-order chi connectivity index (χ0) is 14.8. The Kier molecular flexibility index (Phi) is 6.90. The number of methoxy groups -OCH3 is 1. The van der Waals surface area contributed by atoms with E-state index in [0.717, 1.165) is 19.3 Å². The highest BCUT2D eigenvalue weighted by atomic mass is 35.5. The van der Waals surface area contributed by atoms with E-state index < -0.39 is 27.2 Å². The molecule has 2 N–H and O–H groups in total. The quantitative estimate of drug-likeness (QED) is 0.763. The molecule has 0 radical (unpaired) electrons. The fourth-order valence-corrected chi connectivity index (χ4v) is 5.57. The van der Waals surface area contributed by atoms with E-state index >= 15 is 0 Å². The third kappa shape index (κ3) is 3.88. The lowest BCUT2D eigenvalue weighted by Crippen LogP contribution is -2.45. The number of esters is 1. The number of ether oxygens (including phenoxy) is 1. The van der Waals surface area contributed by atoms with E-state index in [0.29, 0.717) is 32.5 Å². The van der Waals surface area contributed by atoms with Crippen molar-refractivity contribution in [1.82, 2.24) is 4.31 Å². The third-order valence-corrected chi connectivity index (χ3v) is 6.91. The van der Waals surface area contributed by atoms with Gasteiger partial charge < -0.3 is 10.5 Å². The second kappa shape index (κ2) is 7.76. The topological polar surface area (TPSA) is 89.7 Å². The van der Waals surface area contributed by atoms with Crippen LogP contribution < -0.4 is 5.73 Å². The van der Waals surface area contributed by atoms with Crippen LogP contribution in [0.2, 0.25) is 0 Å². The van der Waals surface area contributed by atoms with E-state index in [1.807, 2.05) is 0 Å². The maximum absolute atomic E-state index is 12.8. The van der Waals surface area contributed by atoms with Gasteiger partial charge in [0, 0.05) is 13.1 Å². The second-order valence-corrected chi connectivity index (χ2v) is 7.90. The number of nitrogens with two attached hydrogens (primary N) is 1. The van der Waals surface area contributed by atoms with Crippen molar-refractivity contribution in [2.75, 3.05) is 26.7 Å². The standard InChI is InChI=1S/C13H24N2O4S.ClH/c1-19-13(16)11-4-2-3-5-12(11)20(17,18)15-7-6-10(8-14)9-15;/h10-12H,2-9,14H2,1H3;1H. The van der Waals surface area contributed by atoms with Crippen molar-refractivity contribution in [3.63, 3.8) is 0 Å². The Morgan fingerprint density at radius 3 is 2.52 bits per heavy atom. The number of nitrogens with zero attached hydrogens (tertiary/aromatic N) is 1. The molecule has 0 aromatic rings. The van der Waals surface area contributed by atoms with Gasteiger partial charge in [-0.1, -0.05) is 12.8 Å². The van der Waals surface area contributed by atoms with Crippen LogP contribution in [0.5, 0.6) is 0 Å². The molecule has 1 heterocycles. The lowest BCUT2D eigenvalue weighted by Gasteiger charge is -2.32. The largest absolute Gasteiger partial charge is 0.469 e. The molecule has 1 aliphatic carbocycles. The van der Waals surface area contributed by atoms with Gasteiger partial charge in [-0.05, 0) is 31.7 Å². The van der Waals surface area contributed by atoms with Crippen molar-refractivity contribution in [2.45, 2.75) is 37.4 Å². The third-order valence-electron chi connectivity index (χ3n) is 4.53. The molecule has 0 aromatic heterocycles. The molecule has 0 amide bonds. The molecule has 0 aromatic carbocycles. The van der Waals surface area contributed by atoms with Gasteiger partial charge in [0.2, 0.25) is 10.0 Å². The van der Waals surface area contributed by atoms with Gasteiger partial charge in [-0.2, -0.15) is 0 Å². The molecule has 1 saturated heterocycles. The van der Waals surface area contributed by atoms with Crippen LogP contribution in [0.1, 0.15) is 32.1 Å². The number of sulfonamides is 1. The Bertz CT molecular complexity index is 457. The molecule has 3 atom stereocenters. The summed E-state index contributed by atoms with van der Waals surface area (Å²) in [7, 11) is -2.11. The molecule has 2 rings (SSSR count). The Balaban J connectivity index is 0.00000220. The first-order chi connectivity index (χ1) is 9.50. The molecule has 2 fully saturated rings. The average Bonchev–Trinajstić information content (AvgIpc) is 2.96. The molecule has 0 spiro atoms. The first-order valence-electron chi connectivity index (χ1n) is 7.27. The Labute approximate surface area is 132 Å². The van der Waals surface area contributed by atoms with E-state index in [4.69, 9.17) is 10.5 Å². The summed E-state index contributed by atoms with van der Waals surface area (Å²) in [5.74, 6) is -0.673. The smallest absolute Gasteiger partial charge is 0.310 e. The maximum Gasteiger partial charge on any atom is 0.310 e. The van der Waals surface area contributed by atoms with Gasteiger partial charge in [-0.3, -0.25) is 4.79 Å². The molecular formula is C13H25ClN2O4S. The van der Waals surface area contributed by atoms with Crippen LogP contribution in [0.25, 0.3) is 0 Å². The lowest BCUT2D eigenvalue weighted by atomic mass is 9.89. The zero-order valence-corrected chi connectivity index (χ0v) is 14.0. The summed E-state index contributed by atoms with van der Waals surface area (Å²) in [5.41, 5.74) is 5.62. The van der Waals surface area contributed by atoms with Crippen molar-refractivity contribution in [1.29, 1.82) is 0 Å². The SMILES string of the molecule is COC(=O)C1CCCCC1S(=O)(=O)N1CCC(CN)C1.Cl. The van der Waals surface area contributed by atoms with Crippen LogP contribution in [-0.4, -0.2) is 50.7 Å². The number of halogens is 1. The Hall–Kier alpha value is -0.370. The number of rotatable bonds is 4. The van der Waals surface area contributed by atoms with E-state index in [2.05, 4.69) is 0 Å². The number of hydrogen-bond donors (Lipinski definition) is 1. The first-order valence-corrected chi connectivity index (χ1v) is 8.78. The minimum atomic E-state index is -3.43. The number of carbonyl (C=O) groups excluding carboxylic acids is 1. The minimum absolute atomic E-state index is 0. The molecule has 1 saturated carbocycles. The highest BCUT2D eigenvalue weighted by Gasteiger charge is 2.44. The van der Waals surface area contributed by atoms with Crippen molar-refractivity contribution >= 4 is 28.4 Å². The molecule has 1 aliphatic heterocycles. The van der Waals surface area contributed by atoms with Crippen molar-refractivity contribution in [3.05, 3.63) is 0 Å². The van der Waals surface area contributed by atoms with Gasteiger partial charge in [0.15, 0.2) is 0 Å². The van der Waals surface area contributed by atoms with E-state index in [-0.39, 0.29) is 18.3 Å². The predicted octanol–water partition coefficient (Wildman–Crippen LogP) is 0.750. The summed E-state index contributed by atoms with van der Waals surface area (Å²) >= 11 is 0. The van der Waals surface area contributed by atoms with Gasteiger partial charge in [-0.15, -0.1) is 12.4 Å². The molecule has 21 heavy (non-hydrogen) atoms. The van der Waals surface area contributed by atoms with Gasteiger partial charge in [-0.25, -0.2) is 12.7 Å². The van der Waals surface area contributed by atoms with Gasteiger partial charge in [0.1, 0.15) is 0 Å². The molecule has 2 aliphatic rings. The highest BCUT2D eigenvalue weighted by molar-refractivity contribution is 7.89. The lowest BCUT2D eigenvalue weighted by molar-refractivity contribution is -0.146. The predicted molar refractivity (Wildman–Crippen MR) is 82.7 cm³/mol. The highest BCUT2D eigenvalue weighted by Crippen LogP contribution is 2.34. The van der Waals surface area contributed by atoms with Crippen molar-refractivity contribution < 1.29 is 17.9 Å². The minimum Gasteiger partial charge on any atom is -0.469 e. The first kappa shape index (κ1) is 18.7. The summed E-state index contributed by atoms with van der Waals surface area (Å²) in [6.45, 7) is 1.52. The van der Waals surface area contributed by atoms with Gasteiger partial charge in [0.05, 0.1) is 18.3 Å². The van der Waals surface area contributed by atoms with E-state index in [1.165, 1.54) is 11.4 Å². The fourth-order valence-electron chi connectivity index (χ4n) is 3.29. The van der Waals surface area contributed by atoms with Gasteiger partial charge in [0.25, 0.3) is 0 Å². The van der Waals surface area contributed by atoms with Crippen molar-refractivity contribution in [2.24, 2.45) is 17.6 Å². The fraction of sp³-hybridized carbons (Fsp3) is 0.923. The second-order valence-electron chi connectivity index (χ2n) is 5.75. The van der Waals surface area contributed by atoms with Crippen LogP contribution in [0, 0.1) is 11.8 Å². The summed E-state index contributed by atoms with van der Waals surface area (Å²) in [6.07, 6.45) is 3.70. The van der Waals surface area contributed by atoms with Crippen LogP contribution in [0.15, 0.2) is 0 Å². The number of hydrogen-bond acceptors (Lipinski definition) is 5. The van der Waals surface area contributed by atoms with Crippen LogP contribution in [-0.2, 0) is 19.6 Å². The van der Waals surface area contributed by atoms with Crippen LogP contribution in [0.4, 0.5) is 0 Å². The molecule has 0 bridgehead atoms. The van der Waals surface area contributed by atoms with E-state index in [9.17, 15) is 13.2 Å². The summed E-state index contributed by atoms with van der Waals surface area (Å²) < 4.78 is 31.8. The molecule has 8 heteroatoms. The summed E-state index contributed by atoms with van der Waals surface area (Å²) in [4.78, 5) is 11.8. The zero-order valence-electron chi connectivity index (χ0n) is 12.4. The molecular weight excluding hydrogens is 316 g/mol. The van der Waals surface area contributed by atoms with Crippen molar-refractivity contribution in [3.8, 4) is 0 Å². The number of carbonyl (C=O) groups is 1. The summed E-state index contributed by atoms with van der Waals surface area (Å²) in [5, 5.41) is -0.625. The Morgan fingerprint density at radius 1 is 1.29 bits per heavy atom.